The van der Waals surface area contributed by atoms with Crippen LogP contribution in [0.3, 0.4) is 0 Å². The summed E-state index contributed by atoms with van der Waals surface area (Å²) < 4.78 is 7.37. The van der Waals surface area contributed by atoms with Gasteiger partial charge < -0.3 is 4.74 Å². The highest BCUT2D eigenvalue weighted by Gasteiger charge is 2.44. The average Bonchev–Trinajstić information content (AvgIpc) is 2.53. The number of nitrogens with two attached hydrogens (primary N) is 1. The average molecular weight is 273 g/mol. The molecule has 6 heteroatoms. The van der Waals surface area contributed by atoms with Gasteiger partial charge in [-0.3, -0.25) is 16.0 Å². The standard InChI is InChI=1S/C12H21ClN4O/c1-8-9(11(13)17(2)16-8)7-10(15-14)12(18-3)5-4-6-12/h10,15H,4-7,14H2,1-3H3. The molecule has 1 aromatic heterocycles. The summed E-state index contributed by atoms with van der Waals surface area (Å²) >= 11 is 6.26. The van der Waals surface area contributed by atoms with Gasteiger partial charge in [-0.05, 0) is 32.6 Å². The zero-order valence-corrected chi connectivity index (χ0v) is 11.9. The fraction of sp³-hybridized carbons (Fsp3) is 0.750. The van der Waals surface area contributed by atoms with Crippen LogP contribution in [0.1, 0.15) is 30.5 Å². The van der Waals surface area contributed by atoms with Gasteiger partial charge in [-0.2, -0.15) is 5.10 Å². The van der Waals surface area contributed by atoms with Crippen molar-refractivity contribution in [3.05, 3.63) is 16.4 Å². The van der Waals surface area contributed by atoms with Crippen molar-refractivity contribution >= 4 is 11.6 Å². The van der Waals surface area contributed by atoms with Crippen LogP contribution in [-0.4, -0.2) is 28.5 Å². The molecule has 1 heterocycles. The minimum absolute atomic E-state index is 0.0663. The Morgan fingerprint density at radius 1 is 1.61 bits per heavy atom. The second-order valence-electron chi connectivity index (χ2n) is 5.02. The Kier molecular flexibility index (Phi) is 3.96. The molecule has 1 atom stereocenters. The van der Waals surface area contributed by atoms with Crippen LogP contribution in [0.2, 0.25) is 5.15 Å². The molecule has 5 nitrogen and oxygen atoms in total. The maximum absolute atomic E-state index is 6.26. The van der Waals surface area contributed by atoms with Crippen molar-refractivity contribution in [3.8, 4) is 0 Å². The number of nitrogens with zero attached hydrogens (tertiary/aromatic N) is 2. The molecule has 1 saturated carbocycles. The molecule has 3 N–H and O–H groups in total. The second kappa shape index (κ2) is 5.17. The van der Waals surface area contributed by atoms with Gasteiger partial charge in [0.25, 0.3) is 0 Å². The summed E-state index contributed by atoms with van der Waals surface area (Å²) in [4.78, 5) is 0. The highest BCUT2D eigenvalue weighted by Crippen LogP contribution is 2.39. The van der Waals surface area contributed by atoms with Crippen molar-refractivity contribution in [2.24, 2.45) is 12.9 Å². The number of aromatic nitrogens is 2. The van der Waals surface area contributed by atoms with E-state index in [2.05, 4.69) is 10.5 Å². The van der Waals surface area contributed by atoms with Crippen molar-refractivity contribution < 1.29 is 4.74 Å². The molecule has 18 heavy (non-hydrogen) atoms. The van der Waals surface area contributed by atoms with Crippen molar-refractivity contribution in [1.29, 1.82) is 0 Å². The summed E-state index contributed by atoms with van der Waals surface area (Å²) in [6, 6.07) is 0.0663. The van der Waals surface area contributed by atoms with E-state index in [9.17, 15) is 0 Å². The minimum Gasteiger partial charge on any atom is -0.377 e. The van der Waals surface area contributed by atoms with Gasteiger partial charge >= 0.3 is 0 Å². The smallest absolute Gasteiger partial charge is 0.130 e. The van der Waals surface area contributed by atoms with Crippen LogP contribution in [0.15, 0.2) is 0 Å². The molecule has 102 valence electrons. The Labute approximate surface area is 113 Å². The summed E-state index contributed by atoms with van der Waals surface area (Å²) in [5, 5.41) is 5.00. The Hall–Kier alpha value is -0.620. The molecule has 0 aromatic carbocycles. The Morgan fingerprint density at radius 2 is 2.28 bits per heavy atom. The fourth-order valence-corrected chi connectivity index (χ4v) is 2.98. The highest BCUT2D eigenvalue weighted by atomic mass is 35.5. The number of hydrazine groups is 1. The van der Waals surface area contributed by atoms with Crippen LogP contribution in [0.25, 0.3) is 0 Å². The molecule has 0 amide bonds. The van der Waals surface area contributed by atoms with Gasteiger partial charge in [0.05, 0.1) is 17.3 Å². The quantitative estimate of drug-likeness (QED) is 0.627. The predicted octanol–water partition coefficient (Wildman–Crippen LogP) is 1.33. The van der Waals surface area contributed by atoms with Crippen LogP contribution >= 0.6 is 11.6 Å². The van der Waals surface area contributed by atoms with E-state index < -0.39 is 0 Å². The van der Waals surface area contributed by atoms with Crippen LogP contribution < -0.4 is 11.3 Å². The molecule has 1 aliphatic carbocycles. The lowest BCUT2D eigenvalue weighted by molar-refractivity contribution is -0.0982. The Bertz CT molecular complexity index is 422. The molecule has 1 fully saturated rings. The number of aryl methyl sites for hydroxylation is 2. The highest BCUT2D eigenvalue weighted by molar-refractivity contribution is 6.30. The van der Waals surface area contributed by atoms with E-state index in [0.29, 0.717) is 5.15 Å². The van der Waals surface area contributed by atoms with Gasteiger partial charge in [-0.15, -0.1) is 0 Å². The number of ether oxygens (including phenoxy) is 1. The summed E-state index contributed by atoms with van der Waals surface area (Å²) in [6.45, 7) is 1.97. The Balaban J connectivity index is 2.20. The zero-order valence-electron chi connectivity index (χ0n) is 11.2. The van der Waals surface area contributed by atoms with Crippen LogP contribution in [0, 0.1) is 6.92 Å². The van der Waals surface area contributed by atoms with E-state index in [0.717, 1.165) is 30.5 Å². The van der Waals surface area contributed by atoms with E-state index >= 15 is 0 Å². The molecular formula is C12H21ClN4O. The topological polar surface area (TPSA) is 65.1 Å². The maximum Gasteiger partial charge on any atom is 0.130 e. The normalized spacial score (nSPS) is 19.6. The summed E-state index contributed by atoms with van der Waals surface area (Å²) in [5.41, 5.74) is 4.73. The van der Waals surface area contributed by atoms with Gasteiger partial charge in [0, 0.05) is 19.7 Å². The molecule has 0 aliphatic heterocycles. The first-order chi connectivity index (χ1) is 8.54. The first-order valence-corrected chi connectivity index (χ1v) is 6.61. The number of halogens is 1. The maximum atomic E-state index is 6.26. The number of hydrogen-bond acceptors (Lipinski definition) is 4. The van der Waals surface area contributed by atoms with Crippen molar-refractivity contribution in [1.82, 2.24) is 15.2 Å². The molecule has 1 unspecified atom stereocenters. The second-order valence-corrected chi connectivity index (χ2v) is 5.38. The third-order valence-corrected chi connectivity index (χ3v) is 4.59. The van der Waals surface area contributed by atoms with Crippen molar-refractivity contribution in [2.45, 2.75) is 44.2 Å². The van der Waals surface area contributed by atoms with Gasteiger partial charge in [0.15, 0.2) is 0 Å². The van der Waals surface area contributed by atoms with E-state index in [4.69, 9.17) is 22.2 Å². The lowest BCUT2D eigenvalue weighted by Crippen LogP contribution is -2.59. The lowest BCUT2D eigenvalue weighted by Gasteiger charge is -2.46. The first kappa shape index (κ1) is 13.8. The number of rotatable bonds is 5. The van der Waals surface area contributed by atoms with E-state index in [1.165, 1.54) is 6.42 Å². The molecular weight excluding hydrogens is 252 g/mol. The summed E-state index contributed by atoms with van der Waals surface area (Å²) in [7, 11) is 3.60. The number of nitrogens with one attached hydrogen (secondary N) is 1. The van der Waals surface area contributed by atoms with Crippen LogP contribution in [0.4, 0.5) is 0 Å². The monoisotopic (exact) mass is 272 g/mol. The molecule has 1 aromatic rings. The summed E-state index contributed by atoms with van der Waals surface area (Å²) in [5.74, 6) is 5.70. The molecule has 1 aliphatic rings. The van der Waals surface area contributed by atoms with Crippen LogP contribution in [-0.2, 0) is 18.2 Å². The number of methoxy groups -OCH3 is 1. The van der Waals surface area contributed by atoms with Gasteiger partial charge in [0.2, 0.25) is 0 Å². The third kappa shape index (κ3) is 2.16. The lowest BCUT2D eigenvalue weighted by atomic mass is 9.73. The fourth-order valence-electron chi connectivity index (χ4n) is 2.73. The molecule has 0 radical (unpaired) electrons. The van der Waals surface area contributed by atoms with E-state index in [1.807, 2.05) is 14.0 Å². The minimum atomic E-state index is -0.152. The van der Waals surface area contributed by atoms with Crippen LogP contribution in [0.5, 0.6) is 0 Å². The Morgan fingerprint density at radius 3 is 2.61 bits per heavy atom. The van der Waals surface area contributed by atoms with Gasteiger partial charge in [0.1, 0.15) is 5.15 Å². The zero-order chi connectivity index (χ0) is 13.3. The molecule has 0 spiro atoms. The first-order valence-electron chi connectivity index (χ1n) is 6.23. The van der Waals surface area contributed by atoms with Crippen molar-refractivity contribution in [2.75, 3.05) is 7.11 Å². The van der Waals surface area contributed by atoms with E-state index in [-0.39, 0.29) is 11.6 Å². The predicted molar refractivity (Wildman–Crippen MR) is 71.4 cm³/mol. The van der Waals surface area contributed by atoms with Gasteiger partial charge in [-0.25, -0.2) is 0 Å². The third-order valence-electron chi connectivity index (χ3n) is 4.12. The van der Waals surface area contributed by atoms with E-state index in [1.54, 1.807) is 11.8 Å². The summed E-state index contributed by atoms with van der Waals surface area (Å²) in [6.07, 6.45) is 4.00. The van der Waals surface area contributed by atoms with Crippen molar-refractivity contribution in [3.63, 3.8) is 0 Å². The molecule has 0 saturated heterocycles. The SMILES string of the molecule is COC1(C(Cc2c(C)nn(C)c2Cl)NN)CCC1. The molecule has 0 bridgehead atoms. The van der Waals surface area contributed by atoms with Gasteiger partial charge in [-0.1, -0.05) is 11.6 Å². The number of hydrogen-bond donors (Lipinski definition) is 2. The largest absolute Gasteiger partial charge is 0.377 e. The molecule has 2 rings (SSSR count).